The summed E-state index contributed by atoms with van der Waals surface area (Å²) in [6.45, 7) is 3.38. The average Bonchev–Trinajstić information content (AvgIpc) is 3.54. The lowest BCUT2D eigenvalue weighted by atomic mass is 9.73. The Hall–Kier alpha value is -3.52. The summed E-state index contributed by atoms with van der Waals surface area (Å²) in [6.07, 6.45) is 0.627. The molecule has 3 aromatic rings. The number of nitrogens with zero attached hydrogens (tertiary/aromatic N) is 3. The number of halogens is 6. The summed E-state index contributed by atoms with van der Waals surface area (Å²) >= 11 is 1.77. The van der Waals surface area contributed by atoms with Crippen molar-refractivity contribution in [1.82, 2.24) is 14.9 Å². The van der Waals surface area contributed by atoms with Crippen LogP contribution in [0.5, 0.6) is 0 Å². The van der Waals surface area contributed by atoms with Crippen LogP contribution in [0, 0.1) is 0 Å². The van der Waals surface area contributed by atoms with E-state index < -0.39 is 24.3 Å². The second-order valence-electron chi connectivity index (χ2n) is 9.20. The molecule has 2 aromatic heterocycles. The third-order valence-electron chi connectivity index (χ3n) is 6.68. The Morgan fingerprint density at radius 1 is 0.925 bits per heavy atom. The van der Waals surface area contributed by atoms with Crippen molar-refractivity contribution < 1.29 is 46.1 Å². The molecule has 0 saturated carbocycles. The van der Waals surface area contributed by atoms with Crippen molar-refractivity contribution >= 4 is 23.3 Å². The maximum atomic E-state index is 10.6. The first-order valence-electron chi connectivity index (χ1n) is 12.0. The van der Waals surface area contributed by atoms with Gasteiger partial charge in [0.1, 0.15) is 5.01 Å². The van der Waals surface area contributed by atoms with Crippen LogP contribution in [0.3, 0.4) is 0 Å². The highest BCUT2D eigenvalue weighted by molar-refractivity contribution is 7.09. The summed E-state index contributed by atoms with van der Waals surface area (Å²) in [5.41, 5.74) is 6.09. The van der Waals surface area contributed by atoms with Gasteiger partial charge in [0, 0.05) is 24.0 Å². The van der Waals surface area contributed by atoms with Crippen LogP contribution < -0.4 is 0 Å². The zero-order valence-corrected chi connectivity index (χ0v) is 21.7. The molecule has 1 fully saturated rings. The number of carboxylic acid groups (broad SMARTS) is 2. The number of piperidine rings is 1. The molecule has 1 saturated heterocycles. The van der Waals surface area contributed by atoms with Crippen LogP contribution >= 0.6 is 11.3 Å². The second kappa shape index (κ2) is 12.8. The number of rotatable bonds is 3. The van der Waals surface area contributed by atoms with Gasteiger partial charge in [-0.1, -0.05) is 24.3 Å². The molecule has 2 N–H and O–H groups in total. The smallest absolute Gasteiger partial charge is 0.475 e. The molecule has 1 aliphatic heterocycles. The summed E-state index contributed by atoms with van der Waals surface area (Å²) in [4.78, 5) is 29.1. The van der Waals surface area contributed by atoms with Crippen molar-refractivity contribution in [1.29, 1.82) is 0 Å². The Labute approximate surface area is 229 Å². The van der Waals surface area contributed by atoms with Crippen LogP contribution in [0.4, 0.5) is 26.3 Å². The Bertz CT molecular complexity index is 1250. The standard InChI is InChI=1S/C22H23N3S.2C2HF3O2/c1-2-19(15-23-9-1)17-3-4-20-18(14-17)5-6-22(20)7-11-25(12-8-22)16-21-24-10-13-26-21;2*3-2(4,5)1(6)7/h1-4,9-10,13-15H,5-8,11-12,16H2;2*(H,6,7). The SMILES string of the molecule is O=C(O)C(F)(F)F.O=C(O)C(F)(F)F.c1cncc(-c2ccc3c(c2)CCC32CCN(Cc3nccs3)CC2)c1. The van der Waals surface area contributed by atoms with E-state index in [2.05, 4.69) is 44.5 Å². The molecular weight excluding hydrogens is 564 g/mol. The molecule has 5 rings (SSSR count). The Balaban J connectivity index is 0.000000263. The number of pyridine rings is 1. The molecule has 0 amide bonds. The van der Waals surface area contributed by atoms with Crippen LogP contribution in [0.15, 0.2) is 54.3 Å². The van der Waals surface area contributed by atoms with Crippen LogP contribution in [0.1, 0.15) is 35.4 Å². The number of thiazole rings is 1. The predicted molar refractivity (Wildman–Crippen MR) is 134 cm³/mol. The molecule has 0 atom stereocenters. The number of aromatic nitrogens is 2. The summed E-state index contributed by atoms with van der Waals surface area (Å²) in [5, 5.41) is 17.6. The number of hydrogen-bond donors (Lipinski definition) is 2. The van der Waals surface area contributed by atoms with E-state index in [-0.39, 0.29) is 0 Å². The van der Waals surface area contributed by atoms with Gasteiger partial charge in [-0.2, -0.15) is 26.3 Å². The minimum atomic E-state index is -5.08. The minimum Gasteiger partial charge on any atom is -0.475 e. The molecule has 2 aliphatic rings. The molecule has 0 radical (unpaired) electrons. The van der Waals surface area contributed by atoms with E-state index in [0.29, 0.717) is 5.41 Å². The summed E-state index contributed by atoms with van der Waals surface area (Å²) < 4.78 is 63.5. The normalized spacial score (nSPS) is 16.2. The Kier molecular flexibility index (Phi) is 9.90. The average molecular weight is 590 g/mol. The highest BCUT2D eigenvalue weighted by Crippen LogP contribution is 2.47. The first-order chi connectivity index (χ1) is 18.7. The summed E-state index contributed by atoms with van der Waals surface area (Å²) in [7, 11) is 0. The van der Waals surface area contributed by atoms with Gasteiger partial charge in [-0.3, -0.25) is 9.88 Å². The Morgan fingerprint density at radius 2 is 1.55 bits per heavy atom. The predicted octanol–water partition coefficient (Wildman–Crippen LogP) is 5.95. The van der Waals surface area contributed by atoms with E-state index in [0.717, 1.165) is 6.54 Å². The van der Waals surface area contributed by atoms with Gasteiger partial charge in [0.05, 0.1) is 6.54 Å². The minimum absolute atomic E-state index is 0.405. The van der Waals surface area contributed by atoms with Gasteiger partial charge in [0.2, 0.25) is 0 Å². The molecule has 1 aromatic carbocycles. The zero-order chi connectivity index (χ0) is 29.6. The number of alkyl halides is 6. The third-order valence-corrected chi connectivity index (χ3v) is 7.45. The topological polar surface area (TPSA) is 104 Å². The van der Waals surface area contributed by atoms with Crippen LogP contribution in [0.25, 0.3) is 11.1 Å². The number of aliphatic carboxylic acids is 2. The highest BCUT2D eigenvalue weighted by atomic mass is 32.1. The zero-order valence-electron chi connectivity index (χ0n) is 20.9. The van der Waals surface area contributed by atoms with E-state index in [1.807, 2.05) is 24.7 Å². The first-order valence-corrected chi connectivity index (χ1v) is 12.8. The lowest BCUT2D eigenvalue weighted by Crippen LogP contribution is -2.41. The number of hydrogen-bond acceptors (Lipinski definition) is 6. The molecule has 1 spiro atoms. The third kappa shape index (κ3) is 8.24. The maximum Gasteiger partial charge on any atom is 0.490 e. The molecule has 3 heterocycles. The molecule has 7 nitrogen and oxygen atoms in total. The van der Waals surface area contributed by atoms with Crippen molar-refractivity contribution in [3.05, 3.63) is 70.4 Å². The lowest BCUT2D eigenvalue weighted by Gasteiger charge is -2.40. The van der Waals surface area contributed by atoms with Crippen molar-refractivity contribution in [3.8, 4) is 11.1 Å². The molecule has 14 heteroatoms. The molecular formula is C26H25F6N3O4S. The number of carbonyl (C=O) groups is 2. The van der Waals surface area contributed by atoms with Crippen molar-refractivity contribution in [3.63, 3.8) is 0 Å². The van der Waals surface area contributed by atoms with E-state index in [1.165, 1.54) is 54.9 Å². The molecule has 1 aliphatic carbocycles. The van der Waals surface area contributed by atoms with Gasteiger partial charge in [-0.15, -0.1) is 11.3 Å². The lowest BCUT2D eigenvalue weighted by molar-refractivity contribution is -0.193. The van der Waals surface area contributed by atoms with Gasteiger partial charge >= 0.3 is 24.3 Å². The van der Waals surface area contributed by atoms with Gasteiger partial charge in [0.15, 0.2) is 0 Å². The summed E-state index contributed by atoms with van der Waals surface area (Å²) in [5.74, 6) is -5.51. The van der Waals surface area contributed by atoms with Gasteiger partial charge in [0.25, 0.3) is 0 Å². The van der Waals surface area contributed by atoms with Crippen molar-refractivity contribution in [2.45, 2.75) is 50.0 Å². The maximum absolute atomic E-state index is 10.6. The van der Waals surface area contributed by atoms with Crippen molar-refractivity contribution in [2.75, 3.05) is 13.1 Å². The number of benzene rings is 1. The van der Waals surface area contributed by atoms with Crippen LogP contribution in [0.2, 0.25) is 0 Å². The number of likely N-dealkylation sites (tertiary alicyclic amines) is 1. The fourth-order valence-electron chi connectivity index (χ4n) is 4.72. The van der Waals surface area contributed by atoms with Crippen LogP contribution in [-0.4, -0.2) is 62.5 Å². The highest BCUT2D eigenvalue weighted by Gasteiger charge is 2.41. The number of aryl methyl sites for hydroxylation is 1. The number of carboxylic acids is 2. The van der Waals surface area contributed by atoms with Gasteiger partial charge in [-0.25, -0.2) is 14.6 Å². The van der Waals surface area contributed by atoms with Gasteiger partial charge < -0.3 is 10.2 Å². The van der Waals surface area contributed by atoms with E-state index in [1.54, 1.807) is 22.5 Å². The van der Waals surface area contributed by atoms with Gasteiger partial charge in [-0.05, 0) is 72.5 Å². The Morgan fingerprint density at radius 3 is 2.05 bits per heavy atom. The largest absolute Gasteiger partial charge is 0.490 e. The molecule has 40 heavy (non-hydrogen) atoms. The monoisotopic (exact) mass is 589 g/mol. The molecule has 0 bridgehead atoms. The second-order valence-corrected chi connectivity index (χ2v) is 10.2. The summed E-state index contributed by atoms with van der Waals surface area (Å²) in [6, 6.07) is 11.3. The quantitative estimate of drug-likeness (QED) is 0.364. The fourth-order valence-corrected chi connectivity index (χ4v) is 5.38. The van der Waals surface area contributed by atoms with E-state index in [4.69, 9.17) is 19.8 Å². The molecule has 0 unspecified atom stereocenters. The first kappa shape index (κ1) is 31.0. The fraction of sp³-hybridized carbons (Fsp3) is 0.385. The number of fused-ring (bicyclic) bond motifs is 2. The molecule has 216 valence electrons. The van der Waals surface area contributed by atoms with Crippen molar-refractivity contribution in [2.24, 2.45) is 0 Å². The van der Waals surface area contributed by atoms with E-state index in [9.17, 15) is 26.3 Å². The van der Waals surface area contributed by atoms with Crippen LogP contribution in [-0.2, 0) is 28.0 Å². The van der Waals surface area contributed by atoms with E-state index >= 15 is 0 Å².